The van der Waals surface area contributed by atoms with Gasteiger partial charge in [-0.15, -0.1) is 0 Å². The van der Waals surface area contributed by atoms with E-state index in [1.54, 1.807) is 0 Å². The lowest BCUT2D eigenvalue weighted by Crippen LogP contribution is -2.22. The van der Waals surface area contributed by atoms with Crippen LogP contribution in [-0.2, 0) is 4.79 Å². The standard InChI is InChI=1S/C10H18O/c1-3-4-9-7-10(11)6-5-8(9)2/h8-9H,3-7H2,1-2H3. The second-order valence-electron chi connectivity index (χ2n) is 3.81. The van der Waals surface area contributed by atoms with Gasteiger partial charge < -0.3 is 0 Å². The lowest BCUT2D eigenvalue weighted by atomic mass is 9.77. The molecular weight excluding hydrogens is 136 g/mol. The fourth-order valence-electron chi connectivity index (χ4n) is 1.98. The van der Waals surface area contributed by atoms with Crippen molar-refractivity contribution >= 4 is 5.78 Å². The molecule has 0 N–H and O–H groups in total. The average Bonchev–Trinajstić information content (AvgIpc) is 1.98. The Bertz CT molecular complexity index is 140. The highest BCUT2D eigenvalue weighted by molar-refractivity contribution is 5.79. The third-order valence-corrected chi connectivity index (χ3v) is 2.83. The summed E-state index contributed by atoms with van der Waals surface area (Å²) in [6.45, 7) is 4.48. The second-order valence-corrected chi connectivity index (χ2v) is 3.81. The fourth-order valence-corrected chi connectivity index (χ4v) is 1.98. The summed E-state index contributed by atoms with van der Waals surface area (Å²) in [5.41, 5.74) is 0. The second kappa shape index (κ2) is 3.89. The molecule has 0 saturated heterocycles. The molecule has 0 aromatic carbocycles. The molecule has 0 spiro atoms. The minimum atomic E-state index is 0.488. The Balaban J connectivity index is 2.40. The van der Waals surface area contributed by atoms with Gasteiger partial charge in [0, 0.05) is 12.8 Å². The van der Waals surface area contributed by atoms with E-state index >= 15 is 0 Å². The van der Waals surface area contributed by atoms with Gasteiger partial charge in [-0.05, 0) is 18.3 Å². The SMILES string of the molecule is CCCC1CC(=O)CCC1C. The molecule has 0 radical (unpaired) electrons. The van der Waals surface area contributed by atoms with Crippen LogP contribution in [0.25, 0.3) is 0 Å². The van der Waals surface area contributed by atoms with Gasteiger partial charge in [0.15, 0.2) is 0 Å². The Hall–Kier alpha value is -0.330. The highest BCUT2D eigenvalue weighted by atomic mass is 16.1. The highest BCUT2D eigenvalue weighted by Gasteiger charge is 2.24. The van der Waals surface area contributed by atoms with Gasteiger partial charge in [0.05, 0.1) is 0 Å². The summed E-state index contributed by atoms with van der Waals surface area (Å²) in [6, 6.07) is 0. The first kappa shape index (κ1) is 8.76. The maximum Gasteiger partial charge on any atom is 0.133 e. The van der Waals surface area contributed by atoms with Gasteiger partial charge in [0.1, 0.15) is 5.78 Å². The van der Waals surface area contributed by atoms with Crippen molar-refractivity contribution in [1.29, 1.82) is 0 Å². The molecule has 1 rings (SSSR count). The first-order valence-corrected chi connectivity index (χ1v) is 4.75. The quantitative estimate of drug-likeness (QED) is 0.597. The van der Waals surface area contributed by atoms with Gasteiger partial charge in [-0.2, -0.15) is 0 Å². The molecule has 0 aromatic heterocycles. The normalized spacial score (nSPS) is 32.4. The smallest absolute Gasteiger partial charge is 0.133 e. The van der Waals surface area contributed by atoms with Crippen LogP contribution in [-0.4, -0.2) is 5.78 Å². The molecule has 2 unspecified atom stereocenters. The number of rotatable bonds is 2. The molecule has 1 saturated carbocycles. The van der Waals surface area contributed by atoms with E-state index < -0.39 is 0 Å². The topological polar surface area (TPSA) is 17.1 Å². The monoisotopic (exact) mass is 154 g/mol. The van der Waals surface area contributed by atoms with Crippen LogP contribution in [0.3, 0.4) is 0 Å². The molecule has 1 aliphatic rings. The highest BCUT2D eigenvalue weighted by Crippen LogP contribution is 2.30. The molecular formula is C10H18O. The maximum absolute atomic E-state index is 11.1. The van der Waals surface area contributed by atoms with Crippen LogP contribution in [0.15, 0.2) is 0 Å². The first-order chi connectivity index (χ1) is 5.24. The lowest BCUT2D eigenvalue weighted by Gasteiger charge is -2.27. The summed E-state index contributed by atoms with van der Waals surface area (Å²) in [4.78, 5) is 11.1. The number of carbonyl (C=O) groups is 1. The zero-order chi connectivity index (χ0) is 8.27. The summed E-state index contributed by atoms with van der Waals surface area (Å²) in [5, 5.41) is 0. The summed E-state index contributed by atoms with van der Waals surface area (Å²) >= 11 is 0. The molecule has 0 aliphatic heterocycles. The van der Waals surface area contributed by atoms with Crippen LogP contribution in [0.4, 0.5) is 0 Å². The molecule has 1 fully saturated rings. The molecule has 1 heteroatoms. The molecule has 0 aromatic rings. The van der Waals surface area contributed by atoms with E-state index in [1.165, 1.54) is 12.8 Å². The van der Waals surface area contributed by atoms with Crippen LogP contribution in [0.1, 0.15) is 46.0 Å². The van der Waals surface area contributed by atoms with Crippen LogP contribution in [0, 0.1) is 11.8 Å². The van der Waals surface area contributed by atoms with Gasteiger partial charge in [-0.1, -0.05) is 26.7 Å². The van der Waals surface area contributed by atoms with Crippen LogP contribution in [0.5, 0.6) is 0 Å². The van der Waals surface area contributed by atoms with Crippen molar-refractivity contribution in [3.8, 4) is 0 Å². The molecule has 1 nitrogen and oxygen atoms in total. The van der Waals surface area contributed by atoms with Crippen molar-refractivity contribution < 1.29 is 4.79 Å². The number of hydrogen-bond acceptors (Lipinski definition) is 1. The number of carbonyl (C=O) groups excluding carboxylic acids is 1. The number of ketones is 1. The van der Waals surface area contributed by atoms with Crippen molar-refractivity contribution in [2.45, 2.75) is 46.0 Å². The van der Waals surface area contributed by atoms with Crippen molar-refractivity contribution in [3.05, 3.63) is 0 Å². The predicted octanol–water partition coefficient (Wildman–Crippen LogP) is 2.79. The molecule has 0 amide bonds. The van der Waals surface area contributed by atoms with Gasteiger partial charge >= 0.3 is 0 Å². The molecule has 11 heavy (non-hydrogen) atoms. The van der Waals surface area contributed by atoms with Gasteiger partial charge in [0.2, 0.25) is 0 Å². The van der Waals surface area contributed by atoms with Crippen molar-refractivity contribution in [2.75, 3.05) is 0 Å². The molecule has 1 aliphatic carbocycles. The lowest BCUT2D eigenvalue weighted by molar-refractivity contribution is -0.122. The summed E-state index contributed by atoms with van der Waals surface area (Å²) < 4.78 is 0. The van der Waals surface area contributed by atoms with E-state index in [4.69, 9.17) is 0 Å². The van der Waals surface area contributed by atoms with Gasteiger partial charge in [0.25, 0.3) is 0 Å². The molecule has 0 bridgehead atoms. The molecule has 0 heterocycles. The van der Waals surface area contributed by atoms with E-state index in [0.717, 1.165) is 25.2 Å². The Labute approximate surface area is 69.2 Å². The number of Topliss-reactive ketones (excluding diaryl/α,β-unsaturated/α-hetero) is 1. The minimum absolute atomic E-state index is 0.488. The zero-order valence-electron chi connectivity index (χ0n) is 7.60. The predicted molar refractivity (Wildman–Crippen MR) is 46.4 cm³/mol. The minimum Gasteiger partial charge on any atom is -0.300 e. The van der Waals surface area contributed by atoms with Gasteiger partial charge in [-0.3, -0.25) is 4.79 Å². The summed E-state index contributed by atoms with van der Waals surface area (Å²) in [7, 11) is 0. The van der Waals surface area contributed by atoms with Crippen LogP contribution >= 0.6 is 0 Å². The third kappa shape index (κ3) is 2.32. The maximum atomic E-state index is 11.1. The van der Waals surface area contributed by atoms with E-state index in [0.29, 0.717) is 11.7 Å². The van der Waals surface area contributed by atoms with E-state index in [2.05, 4.69) is 13.8 Å². The molecule has 64 valence electrons. The fraction of sp³-hybridized carbons (Fsp3) is 0.900. The first-order valence-electron chi connectivity index (χ1n) is 4.75. The van der Waals surface area contributed by atoms with Crippen molar-refractivity contribution in [2.24, 2.45) is 11.8 Å². The average molecular weight is 154 g/mol. The Morgan fingerprint density at radius 1 is 1.55 bits per heavy atom. The van der Waals surface area contributed by atoms with Crippen LogP contribution in [0.2, 0.25) is 0 Å². The third-order valence-electron chi connectivity index (χ3n) is 2.83. The Kier molecular flexibility index (Phi) is 3.10. The van der Waals surface area contributed by atoms with Gasteiger partial charge in [-0.25, -0.2) is 0 Å². The van der Waals surface area contributed by atoms with Crippen molar-refractivity contribution in [3.63, 3.8) is 0 Å². The Morgan fingerprint density at radius 3 is 2.91 bits per heavy atom. The van der Waals surface area contributed by atoms with E-state index in [9.17, 15) is 4.79 Å². The Morgan fingerprint density at radius 2 is 2.27 bits per heavy atom. The van der Waals surface area contributed by atoms with Crippen LogP contribution < -0.4 is 0 Å². The van der Waals surface area contributed by atoms with E-state index in [1.807, 2.05) is 0 Å². The summed E-state index contributed by atoms with van der Waals surface area (Å²) in [5.74, 6) is 1.97. The number of hydrogen-bond donors (Lipinski definition) is 0. The largest absolute Gasteiger partial charge is 0.300 e. The summed E-state index contributed by atoms with van der Waals surface area (Å²) in [6.07, 6.45) is 5.29. The zero-order valence-corrected chi connectivity index (χ0v) is 7.60. The van der Waals surface area contributed by atoms with E-state index in [-0.39, 0.29) is 0 Å². The van der Waals surface area contributed by atoms with Crippen molar-refractivity contribution in [1.82, 2.24) is 0 Å². The molecule has 2 atom stereocenters.